The highest BCUT2D eigenvalue weighted by Gasteiger charge is 2.67. The summed E-state index contributed by atoms with van der Waals surface area (Å²) in [7, 11) is 0. The van der Waals surface area contributed by atoms with E-state index in [-0.39, 0.29) is 11.7 Å². The fraction of sp³-hybridized carbons (Fsp3) is 0.417. The highest BCUT2D eigenvalue weighted by Crippen LogP contribution is 2.44. The van der Waals surface area contributed by atoms with Crippen LogP contribution in [0.25, 0.3) is 0 Å². The Morgan fingerprint density at radius 3 is 2.48 bits per heavy atom. The first-order chi connectivity index (χ1) is 11.5. The van der Waals surface area contributed by atoms with Gasteiger partial charge in [-0.05, 0) is 6.07 Å². The lowest BCUT2D eigenvalue weighted by Gasteiger charge is -2.29. The minimum absolute atomic E-state index is 0.0516. The van der Waals surface area contributed by atoms with Gasteiger partial charge in [-0.15, -0.1) is 0 Å². The van der Waals surface area contributed by atoms with Gasteiger partial charge in [-0.1, -0.05) is 23.4 Å². The molecule has 13 heteroatoms. The first-order valence-corrected chi connectivity index (χ1v) is 7.94. The normalized spacial score (nSPS) is 23.7. The third kappa shape index (κ3) is 2.90. The van der Waals surface area contributed by atoms with E-state index in [1.807, 2.05) is 0 Å². The number of rotatable bonds is 2. The SMILES string of the molecule is O=C1N2CCSC2=N[C@@]1(Nc1ncc(C(F)(F)F)cc1Cl)C(F)(F)F. The number of aromatic nitrogens is 1. The summed E-state index contributed by atoms with van der Waals surface area (Å²) in [5.74, 6) is -1.70. The molecule has 1 atom stereocenters. The Labute approximate surface area is 145 Å². The average Bonchev–Trinajstić information content (AvgIpc) is 3.02. The predicted octanol–water partition coefficient (Wildman–Crippen LogP) is 3.37. The van der Waals surface area contributed by atoms with Crippen LogP contribution in [0.2, 0.25) is 5.02 Å². The molecule has 1 aromatic rings. The highest BCUT2D eigenvalue weighted by molar-refractivity contribution is 8.14. The molecule has 1 fully saturated rings. The summed E-state index contributed by atoms with van der Waals surface area (Å²) in [5.41, 5.74) is -4.60. The number of thioether (sulfide) groups is 1. The van der Waals surface area contributed by atoms with Crippen LogP contribution in [0.5, 0.6) is 0 Å². The van der Waals surface area contributed by atoms with Gasteiger partial charge in [-0.2, -0.15) is 26.3 Å². The number of nitrogens with one attached hydrogen (secondary N) is 1. The summed E-state index contributed by atoms with van der Waals surface area (Å²) in [4.78, 5) is 19.9. The largest absolute Gasteiger partial charge is 0.442 e. The molecule has 3 heterocycles. The zero-order chi connectivity index (χ0) is 18.6. The lowest BCUT2D eigenvalue weighted by Crippen LogP contribution is -2.58. The lowest BCUT2D eigenvalue weighted by atomic mass is 10.1. The lowest BCUT2D eigenvalue weighted by molar-refractivity contribution is -0.185. The monoisotopic (exact) mass is 404 g/mol. The maximum atomic E-state index is 13.6. The number of carbonyl (C=O) groups excluding carboxylic acids is 1. The van der Waals surface area contributed by atoms with Crippen LogP contribution in [0.4, 0.5) is 32.2 Å². The number of pyridine rings is 1. The standard InChI is InChI=1S/C12H7ClF6N4OS/c13-6-3-5(11(14,15)16)4-20-7(6)21-10(12(17,18)19)8(24)23-1-2-25-9(23)22-10/h3-4H,1-2H2,(H,20,21)/t10-/m1/s1. The number of anilines is 1. The van der Waals surface area contributed by atoms with Gasteiger partial charge in [0.1, 0.15) is 5.82 Å². The van der Waals surface area contributed by atoms with Crippen molar-refractivity contribution in [2.75, 3.05) is 17.6 Å². The first kappa shape index (κ1) is 18.1. The fourth-order valence-corrected chi connectivity index (χ4v) is 3.46. The van der Waals surface area contributed by atoms with E-state index in [1.165, 1.54) is 0 Å². The van der Waals surface area contributed by atoms with Crippen molar-refractivity contribution in [1.82, 2.24) is 9.88 Å². The zero-order valence-corrected chi connectivity index (χ0v) is 13.4. The van der Waals surface area contributed by atoms with Gasteiger partial charge in [-0.3, -0.25) is 9.69 Å². The van der Waals surface area contributed by atoms with Gasteiger partial charge >= 0.3 is 18.0 Å². The molecule has 1 N–H and O–H groups in total. The van der Waals surface area contributed by atoms with E-state index in [4.69, 9.17) is 11.6 Å². The van der Waals surface area contributed by atoms with Gasteiger partial charge in [0.25, 0.3) is 5.91 Å². The van der Waals surface area contributed by atoms with Crippen LogP contribution >= 0.6 is 23.4 Å². The molecular weight excluding hydrogens is 398 g/mol. The second kappa shape index (κ2) is 5.66. The second-order valence-electron chi connectivity index (χ2n) is 5.08. The minimum atomic E-state index is -5.16. The van der Waals surface area contributed by atoms with E-state index in [0.29, 0.717) is 18.0 Å². The molecule has 5 nitrogen and oxygen atoms in total. The molecule has 2 aliphatic rings. The van der Waals surface area contributed by atoms with Gasteiger partial charge in [0.2, 0.25) is 0 Å². The Balaban J connectivity index is 2.02. The van der Waals surface area contributed by atoms with Crippen molar-refractivity contribution >= 4 is 40.3 Å². The van der Waals surface area contributed by atoms with Gasteiger partial charge in [0.05, 0.1) is 10.6 Å². The Kier molecular flexibility index (Phi) is 4.10. The Hall–Kier alpha value is -1.69. The molecule has 0 aliphatic carbocycles. The summed E-state index contributed by atoms with van der Waals surface area (Å²) < 4.78 is 78.6. The molecule has 0 bridgehead atoms. The summed E-state index contributed by atoms with van der Waals surface area (Å²) >= 11 is 6.59. The molecule has 0 unspecified atom stereocenters. The summed E-state index contributed by atoms with van der Waals surface area (Å²) in [6.45, 7) is 0.0516. The number of halogens is 7. The van der Waals surface area contributed by atoms with Crippen LogP contribution in [0.3, 0.4) is 0 Å². The molecule has 3 rings (SSSR count). The molecule has 1 saturated heterocycles. The van der Waals surface area contributed by atoms with Crippen molar-refractivity contribution in [3.05, 3.63) is 22.8 Å². The Morgan fingerprint density at radius 1 is 1.28 bits per heavy atom. The molecule has 0 aromatic carbocycles. The number of carbonyl (C=O) groups is 1. The van der Waals surface area contributed by atoms with Gasteiger partial charge in [0.15, 0.2) is 5.17 Å². The molecule has 136 valence electrons. The molecule has 1 aromatic heterocycles. The van der Waals surface area contributed by atoms with Gasteiger partial charge < -0.3 is 5.32 Å². The third-order valence-corrected chi connectivity index (χ3v) is 4.72. The smallest absolute Gasteiger partial charge is 0.329 e. The molecule has 25 heavy (non-hydrogen) atoms. The summed E-state index contributed by atoms with van der Waals surface area (Å²) in [6, 6.07) is 0.420. The summed E-state index contributed by atoms with van der Waals surface area (Å²) in [5, 5.41) is 0.963. The third-order valence-electron chi connectivity index (χ3n) is 3.47. The van der Waals surface area contributed by atoms with E-state index in [1.54, 1.807) is 5.32 Å². The van der Waals surface area contributed by atoms with Crippen LogP contribution in [-0.4, -0.2) is 45.1 Å². The maximum Gasteiger partial charge on any atom is 0.442 e. The number of amides is 1. The molecule has 0 saturated carbocycles. The molecular formula is C12H7ClF6N4OS. The maximum absolute atomic E-state index is 13.6. The fourth-order valence-electron chi connectivity index (χ4n) is 2.26. The number of alkyl halides is 6. The van der Waals surface area contributed by atoms with Crippen LogP contribution in [0, 0.1) is 0 Å². The van der Waals surface area contributed by atoms with E-state index in [9.17, 15) is 31.1 Å². The van der Waals surface area contributed by atoms with Crippen LogP contribution < -0.4 is 5.32 Å². The topological polar surface area (TPSA) is 57.6 Å². The van der Waals surface area contributed by atoms with Gasteiger partial charge in [0, 0.05) is 18.5 Å². The predicted molar refractivity (Wildman–Crippen MR) is 78.3 cm³/mol. The van der Waals surface area contributed by atoms with Crippen molar-refractivity contribution in [2.45, 2.75) is 18.0 Å². The molecule has 0 radical (unpaired) electrons. The van der Waals surface area contributed by atoms with Crippen molar-refractivity contribution in [3.63, 3.8) is 0 Å². The van der Waals surface area contributed by atoms with Crippen LogP contribution in [0.1, 0.15) is 5.56 Å². The Bertz CT molecular complexity index is 767. The minimum Gasteiger partial charge on any atom is -0.329 e. The molecule has 2 aliphatic heterocycles. The van der Waals surface area contributed by atoms with Crippen molar-refractivity contribution < 1.29 is 31.1 Å². The van der Waals surface area contributed by atoms with Crippen LogP contribution in [0.15, 0.2) is 17.3 Å². The summed E-state index contributed by atoms with van der Waals surface area (Å²) in [6.07, 6.45) is -9.60. The quantitative estimate of drug-likeness (QED) is 0.768. The van der Waals surface area contributed by atoms with E-state index < -0.39 is 40.3 Å². The zero-order valence-electron chi connectivity index (χ0n) is 11.9. The number of hydrogen-bond donors (Lipinski definition) is 1. The molecule has 1 amide bonds. The second-order valence-corrected chi connectivity index (χ2v) is 6.55. The highest BCUT2D eigenvalue weighted by atomic mass is 35.5. The first-order valence-electron chi connectivity index (χ1n) is 6.58. The number of amidine groups is 1. The van der Waals surface area contributed by atoms with E-state index >= 15 is 0 Å². The average molecular weight is 405 g/mol. The van der Waals surface area contributed by atoms with Crippen LogP contribution in [-0.2, 0) is 11.0 Å². The molecule has 0 spiro atoms. The Morgan fingerprint density at radius 2 is 1.96 bits per heavy atom. The van der Waals surface area contributed by atoms with E-state index in [0.717, 1.165) is 16.7 Å². The van der Waals surface area contributed by atoms with Crippen molar-refractivity contribution in [1.29, 1.82) is 0 Å². The van der Waals surface area contributed by atoms with Crippen molar-refractivity contribution in [3.8, 4) is 0 Å². The number of hydrogen-bond acceptors (Lipinski definition) is 5. The number of nitrogens with zero attached hydrogens (tertiary/aromatic N) is 3. The van der Waals surface area contributed by atoms with Gasteiger partial charge in [-0.25, -0.2) is 9.98 Å². The van der Waals surface area contributed by atoms with Crippen molar-refractivity contribution in [2.24, 2.45) is 4.99 Å². The van der Waals surface area contributed by atoms with E-state index in [2.05, 4.69) is 9.98 Å². The number of aliphatic imine (C=N–C) groups is 1. The number of fused-ring (bicyclic) bond motifs is 1.